The molecule has 0 saturated carbocycles. The Hall–Kier alpha value is -3.20. The van der Waals surface area contributed by atoms with Crippen LogP contribution in [0.5, 0.6) is 0 Å². The molecule has 0 saturated heterocycles. The largest absolute Gasteiger partial charge is 0.297 e. The van der Waals surface area contributed by atoms with Crippen LogP contribution >= 0.6 is 0 Å². The summed E-state index contributed by atoms with van der Waals surface area (Å²) in [5, 5.41) is 0. The molecule has 1 atom stereocenters. The molecule has 0 spiro atoms. The third-order valence-corrected chi connectivity index (χ3v) is 5.48. The van der Waals surface area contributed by atoms with Gasteiger partial charge in [-0.3, -0.25) is 14.5 Å². The van der Waals surface area contributed by atoms with Crippen LogP contribution in [0.3, 0.4) is 0 Å². The molecule has 0 aliphatic rings. The molecule has 1 amide bonds. The number of hydrogen-bond acceptors (Lipinski definition) is 2. The topological polar surface area (TPSA) is 37.4 Å². The number of Topliss-reactive ketones (excluding diaryl/α,β-unsaturated/α-hetero) is 1. The smallest absolute Gasteiger partial charge is 0.227 e. The van der Waals surface area contributed by atoms with Gasteiger partial charge in [-0.15, -0.1) is 0 Å². The number of hydrogen-bond donors (Lipinski definition) is 0. The third kappa shape index (κ3) is 6.14. The lowest BCUT2D eigenvalue weighted by molar-refractivity contribution is -0.119. The molecule has 3 rings (SSSR count). The summed E-state index contributed by atoms with van der Waals surface area (Å²) >= 11 is 0. The summed E-state index contributed by atoms with van der Waals surface area (Å²) < 4.78 is 0. The monoisotopic (exact) mass is 413 g/mol. The third-order valence-electron chi connectivity index (χ3n) is 5.48. The molecule has 3 heteroatoms. The summed E-state index contributed by atoms with van der Waals surface area (Å²) in [7, 11) is 0. The van der Waals surface area contributed by atoms with Crippen molar-refractivity contribution >= 4 is 17.4 Å². The van der Waals surface area contributed by atoms with E-state index in [1.165, 1.54) is 12.8 Å². The van der Waals surface area contributed by atoms with E-state index in [-0.39, 0.29) is 11.7 Å². The lowest BCUT2D eigenvalue weighted by Crippen LogP contribution is -2.39. The number of benzene rings is 3. The van der Waals surface area contributed by atoms with Gasteiger partial charge < -0.3 is 0 Å². The molecule has 0 N–H and O–H groups in total. The van der Waals surface area contributed by atoms with Crippen LogP contribution in [0, 0.1) is 0 Å². The molecular weight excluding hydrogens is 382 g/mol. The summed E-state index contributed by atoms with van der Waals surface area (Å²) in [6.07, 6.45) is 5.81. The molecule has 0 fully saturated rings. The Morgan fingerprint density at radius 3 is 1.87 bits per heavy atom. The molecule has 160 valence electrons. The fourth-order valence-electron chi connectivity index (χ4n) is 3.84. The number of unbranched alkanes of at least 4 members (excludes halogenated alkanes) is 4. The average Bonchev–Trinajstić information content (AvgIpc) is 2.83. The van der Waals surface area contributed by atoms with E-state index in [1.54, 1.807) is 4.90 Å². The van der Waals surface area contributed by atoms with Crippen molar-refractivity contribution in [2.75, 3.05) is 4.90 Å². The Bertz CT molecular complexity index is 939. The Morgan fingerprint density at radius 1 is 0.710 bits per heavy atom. The zero-order chi connectivity index (χ0) is 21.9. The maximum absolute atomic E-state index is 13.7. The van der Waals surface area contributed by atoms with Crippen molar-refractivity contribution in [3.8, 4) is 0 Å². The van der Waals surface area contributed by atoms with Crippen LogP contribution in [0.15, 0.2) is 91.0 Å². The minimum atomic E-state index is -0.700. The number of amides is 1. The van der Waals surface area contributed by atoms with Gasteiger partial charge in [-0.1, -0.05) is 111 Å². The van der Waals surface area contributed by atoms with E-state index in [0.717, 1.165) is 30.5 Å². The number of rotatable bonds is 11. The molecule has 0 radical (unpaired) electrons. The fraction of sp³-hybridized carbons (Fsp3) is 0.286. The number of nitrogens with zero attached hydrogens (tertiary/aromatic N) is 1. The summed E-state index contributed by atoms with van der Waals surface area (Å²) in [5.74, 6) is -0.0872. The van der Waals surface area contributed by atoms with E-state index in [1.807, 2.05) is 91.0 Å². The molecule has 0 aliphatic carbocycles. The quantitative estimate of drug-likeness (QED) is 0.250. The molecule has 1 unspecified atom stereocenters. The molecule has 0 aromatic heterocycles. The van der Waals surface area contributed by atoms with Gasteiger partial charge in [0, 0.05) is 17.7 Å². The maximum atomic E-state index is 13.7. The maximum Gasteiger partial charge on any atom is 0.227 e. The van der Waals surface area contributed by atoms with E-state index in [0.29, 0.717) is 12.0 Å². The van der Waals surface area contributed by atoms with E-state index in [2.05, 4.69) is 6.92 Å². The van der Waals surface area contributed by atoms with Crippen molar-refractivity contribution in [2.45, 2.75) is 51.5 Å². The van der Waals surface area contributed by atoms with Gasteiger partial charge in [0.1, 0.15) is 6.04 Å². The first kappa shape index (κ1) is 22.5. The standard InChI is InChI=1S/C28H31NO2/c1-2-3-4-5-15-22-26(30)29(25-20-13-8-14-21-25)27(23-16-9-6-10-17-23)28(31)24-18-11-7-12-19-24/h6-14,16-21,27H,2-5,15,22H2,1H3. The lowest BCUT2D eigenvalue weighted by atomic mass is 9.94. The first-order valence-corrected chi connectivity index (χ1v) is 11.2. The molecule has 3 aromatic carbocycles. The summed E-state index contributed by atoms with van der Waals surface area (Å²) in [6.45, 7) is 2.18. The SMILES string of the molecule is CCCCCCCC(=O)N(c1ccccc1)C(C(=O)c1ccccc1)c1ccccc1. The van der Waals surface area contributed by atoms with Gasteiger partial charge >= 0.3 is 0 Å². The molecule has 0 aliphatic heterocycles. The van der Waals surface area contributed by atoms with Gasteiger partial charge in [-0.05, 0) is 24.1 Å². The first-order chi connectivity index (χ1) is 15.2. The minimum Gasteiger partial charge on any atom is -0.297 e. The van der Waals surface area contributed by atoms with Crippen LogP contribution in [0.1, 0.15) is 67.4 Å². The highest BCUT2D eigenvalue weighted by Crippen LogP contribution is 2.31. The highest BCUT2D eigenvalue weighted by Gasteiger charge is 2.32. The number of para-hydroxylation sites is 1. The fourth-order valence-corrected chi connectivity index (χ4v) is 3.84. The van der Waals surface area contributed by atoms with Crippen molar-refractivity contribution in [3.63, 3.8) is 0 Å². The molecule has 31 heavy (non-hydrogen) atoms. The number of ketones is 1. The second-order valence-electron chi connectivity index (χ2n) is 7.81. The normalized spacial score (nSPS) is 11.6. The molecule has 0 heterocycles. The van der Waals surface area contributed by atoms with E-state index < -0.39 is 6.04 Å². The van der Waals surface area contributed by atoms with Crippen molar-refractivity contribution in [1.82, 2.24) is 0 Å². The summed E-state index contributed by atoms with van der Waals surface area (Å²) in [4.78, 5) is 28.9. The zero-order valence-corrected chi connectivity index (χ0v) is 18.2. The lowest BCUT2D eigenvalue weighted by Gasteiger charge is -2.31. The number of carbonyl (C=O) groups excluding carboxylic acids is 2. The Balaban J connectivity index is 1.97. The average molecular weight is 414 g/mol. The highest BCUT2D eigenvalue weighted by molar-refractivity contribution is 6.08. The van der Waals surface area contributed by atoms with Crippen molar-refractivity contribution in [1.29, 1.82) is 0 Å². The van der Waals surface area contributed by atoms with Gasteiger partial charge in [0.2, 0.25) is 5.91 Å². The summed E-state index contributed by atoms with van der Waals surface area (Å²) in [6, 6.07) is 27.7. The van der Waals surface area contributed by atoms with E-state index in [4.69, 9.17) is 0 Å². The van der Waals surface area contributed by atoms with Gasteiger partial charge in [0.05, 0.1) is 0 Å². The highest BCUT2D eigenvalue weighted by atomic mass is 16.2. The predicted octanol–water partition coefficient (Wildman–Crippen LogP) is 7.00. The van der Waals surface area contributed by atoms with E-state index in [9.17, 15) is 9.59 Å². The van der Waals surface area contributed by atoms with Gasteiger partial charge in [0.25, 0.3) is 0 Å². The molecule has 3 nitrogen and oxygen atoms in total. The first-order valence-electron chi connectivity index (χ1n) is 11.2. The van der Waals surface area contributed by atoms with Crippen molar-refractivity contribution < 1.29 is 9.59 Å². The molecular formula is C28H31NO2. The van der Waals surface area contributed by atoms with Crippen LogP contribution in [-0.4, -0.2) is 11.7 Å². The molecule has 0 bridgehead atoms. The second kappa shape index (κ2) is 11.8. The van der Waals surface area contributed by atoms with Gasteiger partial charge in [-0.25, -0.2) is 0 Å². The Kier molecular flexibility index (Phi) is 8.59. The van der Waals surface area contributed by atoms with Gasteiger partial charge in [0.15, 0.2) is 5.78 Å². The summed E-state index contributed by atoms with van der Waals surface area (Å²) in [5.41, 5.74) is 2.17. The number of carbonyl (C=O) groups is 2. The van der Waals surface area contributed by atoms with Crippen LogP contribution in [-0.2, 0) is 4.79 Å². The Morgan fingerprint density at radius 2 is 1.26 bits per heavy atom. The number of anilines is 1. The molecule has 3 aromatic rings. The van der Waals surface area contributed by atoms with Crippen LogP contribution in [0.2, 0.25) is 0 Å². The van der Waals surface area contributed by atoms with Crippen LogP contribution in [0.25, 0.3) is 0 Å². The zero-order valence-electron chi connectivity index (χ0n) is 18.2. The predicted molar refractivity (Wildman–Crippen MR) is 127 cm³/mol. The van der Waals surface area contributed by atoms with E-state index >= 15 is 0 Å². The minimum absolute atomic E-state index is 0.0131. The van der Waals surface area contributed by atoms with Crippen LogP contribution in [0.4, 0.5) is 5.69 Å². The van der Waals surface area contributed by atoms with Crippen LogP contribution < -0.4 is 4.90 Å². The van der Waals surface area contributed by atoms with Gasteiger partial charge in [-0.2, -0.15) is 0 Å². The second-order valence-corrected chi connectivity index (χ2v) is 7.81. The van der Waals surface area contributed by atoms with Crippen molar-refractivity contribution in [2.24, 2.45) is 0 Å². The van der Waals surface area contributed by atoms with Crippen molar-refractivity contribution in [3.05, 3.63) is 102 Å². The Labute approximate surface area is 185 Å².